The second kappa shape index (κ2) is 11.9. The molecular weight excluding hydrogens is 498 g/mol. The number of benzene rings is 2. The van der Waals surface area contributed by atoms with Gasteiger partial charge < -0.3 is 14.2 Å². The second-order valence-electron chi connectivity index (χ2n) is 10.4. The highest BCUT2D eigenvalue weighted by molar-refractivity contribution is 6.30. The summed E-state index contributed by atoms with van der Waals surface area (Å²) >= 11 is 6.17. The highest BCUT2D eigenvalue weighted by Crippen LogP contribution is 2.26. The minimum atomic E-state index is -0.232. The molecule has 7 heteroatoms. The van der Waals surface area contributed by atoms with E-state index >= 15 is 0 Å². The van der Waals surface area contributed by atoms with Crippen LogP contribution in [0.5, 0.6) is 0 Å². The number of piperazine rings is 1. The summed E-state index contributed by atoms with van der Waals surface area (Å²) in [5.74, 6) is -0.188. The van der Waals surface area contributed by atoms with Crippen LogP contribution in [0.15, 0.2) is 59.4 Å². The maximum Gasteiger partial charge on any atom is 0.259 e. The number of carbonyl (C=O) groups is 1. The Balaban J connectivity index is 1.31. The Morgan fingerprint density at radius 2 is 1.79 bits per heavy atom. The fourth-order valence-corrected chi connectivity index (χ4v) is 6.24. The van der Waals surface area contributed by atoms with Gasteiger partial charge in [0.2, 0.25) is 0 Å². The van der Waals surface area contributed by atoms with Gasteiger partial charge in [-0.3, -0.25) is 14.5 Å². The summed E-state index contributed by atoms with van der Waals surface area (Å²) in [5, 5.41) is 0.698. The van der Waals surface area contributed by atoms with Crippen molar-refractivity contribution in [3.8, 4) is 0 Å². The van der Waals surface area contributed by atoms with E-state index in [4.69, 9.17) is 16.3 Å². The molecule has 1 aliphatic carbocycles. The van der Waals surface area contributed by atoms with E-state index in [0.29, 0.717) is 36.4 Å². The quantitative estimate of drug-likeness (QED) is 0.448. The van der Waals surface area contributed by atoms with Crippen molar-refractivity contribution in [3.63, 3.8) is 0 Å². The van der Waals surface area contributed by atoms with Crippen molar-refractivity contribution >= 4 is 17.5 Å². The third-order valence-electron chi connectivity index (χ3n) is 8.07. The van der Waals surface area contributed by atoms with Crippen LogP contribution in [0.4, 0.5) is 0 Å². The van der Waals surface area contributed by atoms with Crippen LogP contribution in [0.3, 0.4) is 0 Å². The molecule has 0 saturated carbocycles. The van der Waals surface area contributed by atoms with Gasteiger partial charge in [0.15, 0.2) is 5.43 Å². The smallest absolute Gasteiger partial charge is 0.259 e. The van der Waals surface area contributed by atoms with Gasteiger partial charge in [-0.15, -0.1) is 0 Å². The summed E-state index contributed by atoms with van der Waals surface area (Å²) in [5.41, 5.74) is 5.50. The van der Waals surface area contributed by atoms with Crippen LogP contribution in [0, 0.1) is 6.92 Å². The van der Waals surface area contributed by atoms with E-state index in [2.05, 4.69) is 33.7 Å². The van der Waals surface area contributed by atoms with Crippen molar-refractivity contribution in [1.82, 2.24) is 14.4 Å². The van der Waals surface area contributed by atoms with Crippen LogP contribution in [0.25, 0.3) is 0 Å². The third kappa shape index (κ3) is 5.73. The Kier molecular flexibility index (Phi) is 8.32. The first-order valence-corrected chi connectivity index (χ1v) is 13.9. The van der Waals surface area contributed by atoms with E-state index in [1.807, 2.05) is 36.1 Å². The Morgan fingerprint density at radius 3 is 2.53 bits per heavy atom. The molecule has 1 aromatic heterocycles. The van der Waals surface area contributed by atoms with Crippen molar-refractivity contribution in [2.45, 2.75) is 51.8 Å². The lowest BCUT2D eigenvalue weighted by atomic mass is 9.87. The highest BCUT2D eigenvalue weighted by Gasteiger charge is 2.31. The molecule has 1 fully saturated rings. The number of pyridine rings is 1. The van der Waals surface area contributed by atoms with Crippen molar-refractivity contribution in [2.75, 3.05) is 33.3 Å². The number of nitrogens with zero attached hydrogens (tertiary/aromatic N) is 3. The van der Waals surface area contributed by atoms with Crippen LogP contribution < -0.4 is 5.43 Å². The molecule has 2 aromatic carbocycles. The number of methoxy groups -OCH3 is 1. The van der Waals surface area contributed by atoms with Crippen molar-refractivity contribution in [3.05, 3.63) is 103 Å². The van der Waals surface area contributed by atoms with Crippen LogP contribution in [-0.2, 0) is 37.2 Å². The lowest BCUT2D eigenvalue weighted by Crippen LogP contribution is -2.53. The fraction of sp³-hybridized carbons (Fsp3) is 0.419. The molecule has 0 radical (unpaired) electrons. The zero-order valence-electron chi connectivity index (χ0n) is 22.3. The molecule has 1 amide bonds. The zero-order chi connectivity index (χ0) is 26.6. The average molecular weight is 534 g/mol. The minimum absolute atomic E-state index is 0.188. The molecule has 0 spiro atoms. The maximum absolute atomic E-state index is 13.8. The predicted molar refractivity (Wildman–Crippen MR) is 151 cm³/mol. The molecule has 2 heterocycles. The summed E-state index contributed by atoms with van der Waals surface area (Å²) < 4.78 is 7.54. The Bertz CT molecular complexity index is 1360. The van der Waals surface area contributed by atoms with E-state index in [9.17, 15) is 9.59 Å². The number of carbonyl (C=O) groups excluding carboxylic acids is 1. The number of rotatable bonds is 7. The summed E-state index contributed by atoms with van der Waals surface area (Å²) in [6.07, 6.45) is 4.06. The molecule has 6 nitrogen and oxygen atoms in total. The van der Waals surface area contributed by atoms with Crippen LogP contribution in [-0.4, -0.2) is 59.6 Å². The second-order valence-corrected chi connectivity index (χ2v) is 10.9. The van der Waals surface area contributed by atoms with E-state index in [1.54, 1.807) is 13.2 Å². The summed E-state index contributed by atoms with van der Waals surface area (Å²) in [6, 6.07) is 18.6. The standard InChI is InChI=1S/C31H36ClN3O3/c1-22-18-29(36)30(28(21-38-2)35(22)13-12-23-6-5-9-26(32)19-23)31(37)34-16-14-33(15-17-34)27-11-10-24-7-3-4-8-25(24)20-27/h3-9,18-19,27H,10-17,20-21H2,1-2H3. The van der Waals surface area contributed by atoms with Gasteiger partial charge >= 0.3 is 0 Å². The van der Waals surface area contributed by atoms with Crippen molar-refractivity contribution in [1.29, 1.82) is 0 Å². The van der Waals surface area contributed by atoms with Gasteiger partial charge in [0, 0.05) is 62.7 Å². The van der Waals surface area contributed by atoms with Crippen LogP contribution in [0.1, 0.15) is 44.9 Å². The first-order chi connectivity index (χ1) is 18.4. The molecule has 200 valence electrons. The van der Waals surface area contributed by atoms with Gasteiger partial charge in [0.05, 0.1) is 12.3 Å². The third-order valence-corrected chi connectivity index (χ3v) is 8.31. The van der Waals surface area contributed by atoms with Crippen LogP contribution in [0.2, 0.25) is 5.02 Å². The largest absolute Gasteiger partial charge is 0.378 e. The van der Waals surface area contributed by atoms with Gasteiger partial charge in [-0.05, 0) is 61.4 Å². The van der Waals surface area contributed by atoms with Crippen molar-refractivity contribution < 1.29 is 9.53 Å². The van der Waals surface area contributed by atoms with E-state index in [1.165, 1.54) is 11.1 Å². The number of halogens is 1. The lowest BCUT2D eigenvalue weighted by molar-refractivity contribution is 0.0546. The molecule has 1 aliphatic heterocycles. The number of aryl methyl sites for hydroxylation is 3. The molecular formula is C31H36ClN3O3. The number of ether oxygens (including phenoxy) is 1. The van der Waals surface area contributed by atoms with Gasteiger partial charge in [-0.25, -0.2) is 0 Å². The average Bonchev–Trinajstić information content (AvgIpc) is 2.92. The van der Waals surface area contributed by atoms with E-state index in [0.717, 1.165) is 50.0 Å². The number of fused-ring (bicyclic) bond motifs is 1. The van der Waals surface area contributed by atoms with E-state index < -0.39 is 0 Å². The molecule has 5 rings (SSSR count). The molecule has 1 unspecified atom stereocenters. The monoisotopic (exact) mass is 533 g/mol. The Morgan fingerprint density at radius 1 is 1.03 bits per heavy atom. The molecule has 38 heavy (non-hydrogen) atoms. The minimum Gasteiger partial charge on any atom is -0.378 e. The number of hydrogen-bond donors (Lipinski definition) is 0. The van der Waals surface area contributed by atoms with Gasteiger partial charge in [-0.2, -0.15) is 0 Å². The topological polar surface area (TPSA) is 54.8 Å². The summed E-state index contributed by atoms with van der Waals surface area (Å²) in [7, 11) is 1.60. The molecule has 1 atom stereocenters. The van der Waals surface area contributed by atoms with Gasteiger partial charge in [0.1, 0.15) is 5.56 Å². The summed E-state index contributed by atoms with van der Waals surface area (Å²) in [6.45, 7) is 5.64. The predicted octanol–water partition coefficient (Wildman–Crippen LogP) is 4.51. The Labute approximate surface area is 229 Å². The Hall–Kier alpha value is -2.93. The lowest BCUT2D eigenvalue weighted by Gasteiger charge is -2.41. The molecule has 2 aliphatic rings. The first-order valence-electron chi connectivity index (χ1n) is 13.5. The van der Waals surface area contributed by atoms with Gasteiger partial charge in [-0.1, -0.05) is 48.0 Å². The maximum atomic E-state index is 13.8. The van der Waals surface area contributed by atoms with Crippen molar-refractivity contribution in [2.24, 2.45) is 0 Å². The van der Waals surface area contributed by atoms with Crippen LogP contribution >= 0.6 is 11.6 Å². The SMILES string of the molecule is COCc1c(C(=O)N2CCN(C3CCc4ccccc4C3)CC2)c(=O)cc(C)n1CCc1cccc(Cl)c1. The zero-order valence-corrected chi connectivity index (χ0v) is 23.0. The first kappa shape index (κ1) is 26.7. The molecule has 0 bridgehead atoms. The molecule has 0 N–H and O–H groups in total. The number of aromatic nitrogens is 1. The molecule has 1 saturated heterocycles. The normalized spacial score (nSPS) is 17.9. The number of hydrogen-bond acceptors (Lipinski definition) is 4. The number of amides is 1. The fourth-order valence-electron chi connectivity index (χ4n) is 6.03. The molecule has 3 aromatic rings. The summed E-state index contributed by atoms with van der Waals surface area (Å²) in [4.78, 5) is 31.3. The highest BCUT2D eigenvalue weighted by atomic mass is 35.5. The van der Waals surface area contributed by atoms with E-state index in [-0.39, 0.29) is 23.5 Å². The van der Waals surface area contributed by atoms with Gasteiger partial charge in [0.25, 0.3) is 5.91 Å².